The van der Waals surface area contributed by atoms with Crippen LogP contribution in [0.2, 0.25) is 0 Å². The van der Waals surface area contributed by atoms with Gasteiger partial charge in [0.25, 0.3) is 5.91 Å². The van der Waals surface area contributed by atoms with E-state index in [1.165, 1.54) is 12.1 Å². The second kappa shape index (κ2) is 11.5. The van der Waals surface area contributed by atoms with Gasteiger partial charge in [-0.2, -0.15) is 0 Å². The molecule has 1 aliphatic rings. The van der Waals surface area contributed by atoms with Crippen LogP contribution in [0.3, 0.4) is 0 Å². The Morgan fingerprint density at radius 1 is 0.744 bits per heavy atom. The van der Waals surface area contributed by atoms with Crippen LogP contribution in [0.4, 0.5) is 4.79 Å². The van der Waals surface area contributed by atoms with Crippen molar-refractivity contribution >= 4 is 22.0 Å². The van der Waals surface area contributed by atoms with Crippen LogP contribution in [-0.2, 0) is 21.2 Å². The van der Waals surface area contributed by atoms with Crippen LogP contribution >= 0.6 is 0 Å². The minimum Gasteiger partial charge on any atom is -0.449 e. The quantitative estimate of drug-likeness (QED) is 0.315. The van der Waals surface area contributed by atoms with Crippen molar-refractivity contribution in [2.75, 3.05) is 12.4 Å². The molecule has 0 unspecified atom stereocenters. The Morgan fingerprint density at radius 2 is 1.28 bits per heavy atom. The summed E-state index contributed by atoms with van der Waals surface area (Å²) in [5.41, 5.74) is 5.46. The number of rotatable bonds is 9. The largest absolute Gasteiger partial charge is 0.449 e. The number of benzene rings is 4. The zero-order chi connectivity index (χ0) is 27.2. The average Bonchev–Trinajstić information content (AvgIpc) is 3.26. The van der Waals surface area contributed by atoms with Gasteiger partial charge in [-0.05, 0) is 46.4 Å². The monoisotopic (exact) mass is 540 g/mol. The smallest absolute Gasteiger partial charge is 0.407 e. The number of nitrogens with one attached hydrogen (secondary N) is 2. The van der Waals surface area contributed by atoms with Crippen LogP contribution in [-0.4, -0.2) is 38.8 Å². The molecule has 7 nitrogen and oxygen atoms in total. The highest BCUT2D eigenvalue weighted by Gasteiger charge is 2.30. The molecule has 4 aromatic carbocycles. The Bertz CT molecular complexity index is 1530. The third-order valence-electron chi connectivity index (χ3n) is 6.70. The summed E-state index contributed by atoms with van der Waals surface area (Å²) in [5, 5.41) is 2.71. The standard InChI is InChI=1S/C31H28N2O5S/c34-30(23-13-5-2-6-14-23)33-39(36,37)21-24(19-22-11-3-1-4-12-22)32-31(35)38-20-29-27-17-9-7-15-25(27)26-16-8-10-18-28(26)29/h1-18,24,29H,19-21H2,(H,32,35)(H,33,34)/t24-/m0/s1. The van der Waals surface area contributed by atoms with E-state index in [2.05, 4.69) is 22.2 Å². The van der Waals surface area contributed by atoms with Crippen molar-refractivity contribution < 1.29 is 22.7 Å². The van der Waals surface area contributed by atoms with E-state index in [0.717, 1.165) is 27.8 Å². The highest BCUT2D eigenvalue weighted by molar-refractivity contribution is 7.90. The Kier molecular flexibility index (Phi) is 7.74. The molecule has 0 fully saturated rings. The fraction of sp³-hybridized carbons (Fsp3) is 0.161. The van der Waals surface area contributed by atoms with Gasteiger partial charge in [0.2, 0.25) is 10.0 Å². The summed E-state index contributed by atoms with van der Waals surface area (Å²) in [6, 6.07) is 32.6. The number of sulfonamides is 1. The van der Waals surface area contributed by atoms with E-state index in [-0.39, 0.29) is 24.5 Å². The maximum absolute atomic E-state index is 12.9. The van der Waals surface area contributed by atoms with Gasteiger partial charge in [-0.25, -0.2) is 17.9 Å². The summed E-state index contributed by atoms with van der Waals surface area (Å²) in [6.07, 6.45) is -0.478. The highest BCUT2D eigenvalue weighted by atomic mass is 32.2. The van der Waals surface area contributed by atoms with Gasteiger partial charge in [-0.15, -0.1) is 0 Å². The number of fused-ring (bicyclic) bond motifs is 3. The normalized spacial score (nSPS) is 13.1. The highest BCUT2D eigenvalue weighted by Crippen LogP contribution is 2.44. The first-order valence-electron chi connectivity index (χ1n) is 12.6. The lowest BCUT2D eigenvalue weighted by molar-refractivity contribution is 0.0981. The summed E-state index contributed by atoms with van der Waals surface area (Å²) in [6.45, 7) is 0.107. The Balaban J connectivity index is 1.27. The van der Waals surface area contributed by atoms with Crippen LogP contribution in [0.15, 0.2) is 109 Å². The third-order valence-corrected chi connectivity index (χ3v) is 8.03. The molecular weight excluding hydrogens is 512 g/mol. The molecule has 8 heteroatoms. The van der Waals surface area contributed by atoms with Gasteiger partial charge >= 0.3 is 6.09 Å². The van der Waals surface area contributed by atoms with Crippen LogP contribution in [0.5, 0.6) is 0 Å². The van der Waals surface area contributed by atoms with Crippen molar-refractivity contribution in [1.82, 2.24) is 10.0 Å². The van der Waals surface area contributed by atoms with Gasteiger partial charge in [-0.3, -0.25) is 4.79 Å². The van der Waals surface area contributed by atoms with E-state index in [0.29, 0.717) is 0 Å². The molecule has 1 atom stereocenters. The third kappa shape index (κ3) is 6.35. The minimum atomic E-state index is -4.07. The molecule has 4 aromatic rings. The predicted octanol–water partition coefficient (Wildman–Crippen LogP) is 4.90. The zero-order valence-corrected chi connectivity index (χ0v) is 21.9. The van der Waals surface area contributed by atoms with E-state index < -0.39 is 33.8 Å². The van der Waals surface area contributed by atoms with Crippen molar-refractivity contribution in [3.8, 4) is 11.1 Å². The number of alkyl carbamates (subject to hydrolysis) is 1. The van der Waals surface area contributed by atoms with Gasteiger partial charge in [0.15, 0.2) is 0 Å². The first-order chi connectivity index (χ1) is 18.9. The molecule has 0 radical (unpaired) electrons. The first-order valence-corrected chi connectivity index (χ1v) is 14.3. The Labute approximate surface area is 227 Å². The summed E-state index contributed by atoms with van der Waals surface area (Å²) in [5.74, 6) is -1.34. The van der Waals surface area contributed by atoms with Crippen LogP contribution in [0, 0.1) is 0 Å². The Morgan fingerprint density at radius 3 is 1.90 bits per heavy atom. The lowest BCUT2D eigenvalue weighted by Gasteiger charge is -2.20. The summed E-state index contributed by atoms with van der Waals surface area (Å²) in [4.78, 5) is 25.4. The van der Waals surface area contributed by atoms with Crippen LogP contribution < -0.4 is 10.0 Å². The van der Waals surface area contributed by atoms with E-state index >= 15 is 0 Å². The molecule has 0 saturated heterocycles. The van der Waals surface area contributed by atoms with Crippen molar-refractivity contribution in [2.45, 2.75) is 18.4 Å². The molecule has 0 aromatic heterocycles. The molecule has 0 spiro atoms. The molecule has 0 heterocycles. The van der Waals surface area contributed by atoms with Gasteiger partial charge in [-0.1, -0.05) is 97.1 Å². The summed E-state index contributed by atoms with van der Waals surface area (Å²) < 4.78 is 33.6. The molecule has 0 aliphatic heterocycles. The molecule has 0 saturated carbocycles. The van der Waals surface area contributed by atoms with Crippen molar-refractivity contribution in [1.29, 1.82) is 0 Å². The van der Waals surface area contributed by atoms with Crippen molar-refractivity contribution in [2.24, 2.45) is 0 Å². The maximum Gasteiger partial charge on any atom is 0.407 e. The van der Waals surface area contributed by atoms with Crippen molar-refractivity contribution in [3.05, 3.63) is 131 Å². The average molecular weight is 541 g/mol. The van der Waals surface area contributed by atoms with E-state index in [4.69, 9.17) is 4.74 Å². The maximum atomic E-state index is 12.9. The first kappa shape index (κ1) is 26.2. The second-order valence-electron chi connectivity index (χ2n) is 9.44. The molecule has 1 aliphatic carbocycles. The number of carbonyl (C=O) groups is 2. The lowest BCUT2D eigenvalue weighted by atomic mass is 9.98. The number of hydrogen-bond donors (Lipinski definition) is 2. The van der Waals surface area contributed by atoms with Gasteiger partial charge in [0.05, 0.1) is 11.8 Å². The van der Waals surface area contributed by atoms with E-state index in [1.54, 1.807) is 18.2 Å². The molecule has 2 N–H and O–H groups in total. The van der Waals surface area contributed by atoms with Gasteiger partial charge in [0, 0.05) is 11.5 Å². The fourth-order valence-corrected chi connectivity index (χ4v) is 6.17. The van der Waals surface area contributed by atoms with Gasteiger partial charge < -0.3 is 10.1 Å². The summed E-state index contributed by atoms with van der Waals surface area (Å²) in [7, 11) is -4.07. The summed E-state index contributed by atoms with van der Waals surface area (Å²) >= 11 is 0. The second-order valence-corrected chi connectivity index (χ2v) is 11.2. The van der Waals surface area contributed by atoms with Crippen molar-refractivity contribution in [3.63, 3.8) is 0 Å². The number of ether oxygens (including phenoxy) is 1. The lowest BCUT2D eigenvalue weighted by Crippen LogP contribution is -2.45. The molecule has 198 valence electrons. The van der Waals surface area contributed by atoms with Crippen LogP contribution in [0.1, 0.15) is 33.0 Å². The SMILES string of the molecule is O=C(N[C@@H](Cc1ccccc1)CS(=O)(=O)NC(=O)c1ccccc1)OCC1c2ccccc2-c2ccccc21. The predicted molar refractivity (Wildman–Crippen MR) is 150 cm³/mol. The van der Waals surface area contributed by atoms with Gasteiger partial charge in [0.1, 0.15) is 6.61 Å². The number of amides is 2. The van der Waals surface area contributed by atoms with E-state index in [1.807, 2.05) is 66.7 Å². The number of carbonyl (C=O) groups excluding carboxylic acids is 2. The fourth-order valence-electron chi connectivity index (χ4n) is 4.95. The molecule has 2 amide bonds. The van der Waals surface area contributed by atoms with Crippen LogP contribution in [0.25, 0.3) is 11.1 Å². The zero-order valence-electron chi connectivity index (χ0n) is 21.1. The number of hydrogen-bond acceptors (Lipinski definition) is 5. The molecule has 0 bridgehead atoms. The molecule has 39 heavy (non-hydrogen) atoms. The molecular formula is C31H28N2O5S. The topological polar surface area (TPSA) is 102 Å². The minimum absolute atomic E-state index is 0.107. The Hall–Kier alpha value is -4.43. The van der Waals surface area contributed by atoms with E-state index in [9.17, 15) is 18.0 Å². The molecule has 5 rings (SSSR count).